The Morgan fingerprint density at radius 3 is 2.57 bits per heavy atom. The van der Waals surface area contributed by atoms with Gasteiger partial charge >= 0.3 is 0 Å². The Hall–Kier alpha value is -0.220. The third-order valence-electron chi connectivity index (χ3n) is 2.09. The van der Waals surface area contributed by atoms with Gasteiger partial charge in [0, 0.05) is 24.8 Å². The molecule has 0 rings (SSSR count). The minimum atomic E-state index is 0.0745. The third-order valence-corrected chi connectivity index (χ3v) is 2.53. The number of nitrogens with zero attached hydrogens (tertiary/aromatic N) is 1. The minimum Gasteiger partial charge on any atom is -0.355 e. The molecule has 0 aromatic heterocycles. The van der Waals surface area contributed by atoms with E-state index in [1.54, 1.807) is 0 Å². The van der Waals surface area contributed by atoms with Crippen LogP contribution < -0.4 is 5.32 Å². The van der Waals surface area contributed by atoms with Crippen molar-refractivity contribution in [2.24, 2.45) is 5.92 Å². The Labute approximate surface area is 92.7 Å². The first kappa shape index (κ1) is 13.8. The first-order chi connectivity index (χ1) is 6.61. The van der Waals surface area contributed by atoms with Gasteiger partial charge in [-0.05, 0) is 20.5 Å². The number of hydrogen-bond acceptors (Lipinski definition) is 3. The number of carbonyl (C=O) groups is 1. The number of nitrogens with one attached hydrogen (secondary N) is 1. The molecule has 1 amide bonds. The Morgan fingerprint density at radius 2 is 2.14 bits per heavy atom. The molecule has 0 aromatic carbocycles. The molecule has 1 atom stereocenters. The molecule has 0 saturated heterocycles. The molecule has 14 heavy (non-hydrogen) atoms. The van der Waals surface area contributed by atoms with E-state index in [-0.39, 0.29) is 11.8 Å². The van der Waals surface area contributed by atoms with Gasteiger partial charge < -0.3 is 10.2 Å². The van der Waals surface area contributed by atoms with E-state index in [9.17, 15) is 4.79 Å². The van der Waals surface area contributed by atoms with E-state index >= 15 is 0 Å². The average molecular weight is 218 g/mol. The summed E-state index contributed by atoms with van der Waals surface area (Å²) in [6.45, 7) is 3.69. The quantitative estimate of drug-likeness (QED) is 0.625. The van der Waals surface area contributed by atoms with E-state index in [0.29, 0.717) is 5.75 Å². The Morgan fingerprint density at radius 1 is 1.50 bits per heavy atom. The summed E-state index contributed by atoms with van der Waals surface area (Å²) in [5.41, 5.74) is 0. The standard InChI is InChI=1S/C10H22N2OS/c1-4-5-9(8-14)10(13)11-6-7-12(2)3/h9,14H,4-8H2,1-3H3,(H,11,13). The maximum Gasteiger partial charge on any atom is 0.223 e. The van der Waals surface area contributed by atoms with Crippen LogP contribution in [0.1, 0.15) is 19.8 Å². The van der Waals surface area contributed by atoms with Gasteiger partial charge in [-0.3, -0.25) is 4.79 Å². The lowest BCUT2D eigenvalue weighted by Gasteiger charge is -2.15. The Balaban J connectivity index is 3.69. The molecule has 0 aliphatic rings. The van der Waals surface area contributed by atoms with E-state index in [4.69, 9.17) is 0 Å². The predicted octanol–water partition coefficient (Wildman–Crippen LogP) is 1.01. The molecule has 1 unspecified atom stereocenters. The van der Waals surface area contributed by atoms with Gasteiger partial charge in [-0.25, -0.2) is 0 Å². The van der Waals surface area contributed by atoms with Gasteiger partial charge in [-0.1, -0.05) is 13.3 Å². The van der Waals surface area contributed by atoms with E-state index in [2.05, 4.69) is 29.8 Å². The van der Waals surface area contributed by atoms with Crippen LogP contribution in [0.5, 0.6) is 0 Å². The fraction of sp³-hybridized carbons (Fsp3) is 0.900. The Kier molecular flexibility index (Phi) is 7.99. The largest absolute Gasteiger partial charge is 0.355 e. The highest BCUT2D eigenvalue weighted by molar-refractivity contribution is 7.80. The van der Waals surface area contributed by atoms with Crippen molar-refractivity contribution in [3.63, 3.8) is 0 Å². The van der Waals surface area contributed by atoms with Crippen molar-refractivity contribution in [2.75, 3.05) is 32.9 Å². The third kappa shape index (κ3) is 6.27. The van der Waals surface area contributed by atoms with Crippen LogP contribution in [-0.4, -0.2) is 43.7 Å². The molecule has 84 valence electrons. The lowest BCUT2D eigenvalue weighted by atomic mass is 10.1. The van der Waals surface area contributed by atoms with E-state index < -0.39 is 0 Å². The molecule has 0 aliphatic heterocycles. The number of rotatable bonds is 7. The molecule has 0 aliphatic carbocycles. The van der Waals surface area contributed by atoms with Gasteiger partial charge in [0.2, 0.25) is 5.91 Å². The van der Waals surface area contributed by atoms with E-state index in [0.717, 1.165) is 25.9 Å². The molecule has 1 N–H and O–H groups in total. The lowest BCUT2D eigenvalue weighted by Crippen LogP contribution is -2.36. The number of carbonyl (C=O) groups excluding carboxylic acids is 1. The summed E-state index contributed by atoms with van der Waals surface area (Å²) < 4.78 is 0. The van der Waals surface area contributed by atoms with Gasteiger partial charge in [-0.2, -0.15) is 12.6 Å². The van der Waals surface area contributed by atoms with Crippen LogP contribution in [0.2, 0.25) is 0 Å². The topological polar surface area (TPSA) is 32.3 Å². The van der Waals surface area contributed by atoms with Crippen molar-refractivity contribution in [1.29, 1.82) is 0 Å². The fourth-order valence-corrected chi connectivity index (χ4v) is 1.55. The van der Waals surface area contributed by atoms with Crippen LogP contribution >= 0.6 is 12.6 Å². The Bertz CT molecular complexity index is 162. The van der Waals surface area contributed by atoms with Crippen molar-refractivity contribution in [3.8, 4) is 0 Å². The first-order valence-electron chi connectivity index (χ1n) is 5.15. The minimum absolute atomic E-state index is 0.0745. The van der Waals surface area contributed by atoms with E-state index in [1.807, 2.05) is 14.1 Å². The second-order valence-corrected chi connectivity index (χ2v) is 4.13. The summed E-state index contributed by atoms with van der Waals surface area (Å²) in [5.74, 6) is 0.857. The molecule has 0 aromatic rings. The molecule has 3 nitrogen and oxygen atoms in total. The second-order valence-electron chi connectivity index (χ2n) is 3.76. The summed E-state index contributed by atoms with van der Waals surface area (Å²) in [6, 6.07) is 0. The molecule has 0 fully saturated rings. The van der Waals surface area contributed by atoms with Gasteiger partial charge in [0.15, 0.2) is 0 Å². The molecule has 0 saturated carbocycles. The summed E-state index contributed by atoms with van der Waals surface area (Å²) in [4.78, 5) is 13.6. The summed E-state index contributed by atoms with van der Waals surface area (Å²) >= 11 is 4.18. The SMILES string of the molecule is CCCC(CS)C(=O)NCCN(C)C. The lowest BCUT2D eigenvalue weighted by molar-refractivity contribution is -0.124. The molecular formula is C10H22N2OS. The molecule has 4 heteroatoms. The highest BCUT2D eigenvalue weighted by Crippen LogP contribution is 2.07. The van der Waals surface area contributed by atoms with Gasteiger partial charge in [0.25, 0.3) is 0 Å². The van der Waals surface area contributed by atoms with Crippen molar-refractivity contribution in [2.45, 2.75) is 19.8 Å². The number of likely N-dealkylation sites (N-methyl/N-ethyl adjacent to an activating group) is 1. The zero-order valence-corrected chi connectivity index (χ0v) is 10.3. The maximum atomic E-state index is 11.6. The van der Waals surface area contributed by atoms with Crippen LogP contribution in [-0.2, 0) is 4.79 Å². The maximum absolute atomic E-state index is 11.6. The van der Waals surface area contributed by atoms with Gasteiger partial charge in [-0.15, -0.1) is 0 Å². The predicted molar refractivity (Wildman–Crippen MR) is 63.8 cm³/mol. The zero-order valence-electron chi connectivity index (χ0n) is 9.42. The highest BCUT2D eigenvalue weighted by Gasteiger charge is 2.14. The molecular weight excluding hydrogens is 196 g/mol. The second kappa shape index (κ2) is 8.12. The molecule has 0 radical (unpaired) electrons. The van der Waals surface area contributed by atoms with Crippen LogP contribution in [0, 0.1) is 5.92 Å². The van der Waals surface area contributed by atoms with Crippen molar-refractivity contribution in [3.05, 3.63) is 0 Å². The first-order valence-corrected chi connectivity index (χ1v) is 5.78. The van der Waals surface area contributed by atoms with Gasteiger partial charge in [0.05, 0.1) is 0 Å². The van der Waals surface area contributed by atoms with Gasteiger partial charge in [0.1, 0.15) is 0 Å². The number of thiol groups is 1. The van der Waals surface area contributed by atoms with Crippen LogP contribution in [0.3, 0.4) is 0 Å². The summed E-state index contributed by atoms with van der Waals surface area (Å²) in [7, 11) is 3.99. The number of amides is 1. The van der Waals surface area contributed by atoms with Crippen LogP contribution in [0.4, 0.5) is 0 Å². The van der Waals surface area contributed by atoms with Crippen LogP contribution in [0.15, 0.2) is 0 Å². The van der Waals surface area contributed by atoms with E-state index in [1.165, 1.54) is 0 Å². The van der Waals surface area contributed by atoms with Crippen molar-refractivity contribution in [1.82, 2.24) is 10.2 Å². The van der Waals surface area contributed by atoms with Crippen LogP contribution in [0.25, 0.3) is 0 Å². The average Bonchev–Trinajstić information content (AvgIpc) is 2.13. The normalized spacial score (nSPS) is 12.9. The number of hydrogen-bond donors (Lipinski definition) is 2. The fourth-order valence-electron chi connectivity index (χ4n) is 1.20. The molecule has 0 bridgehead atoms. The monoisotopic (exact) mass is 218 g/mol. The summed E-state index contributed by atoms with van der Waals surface area (Å²) in [6.07, 6.45) is 1.96. The van der Waals surface area contributed by atoms with Crippen molar-refractivity contribution < 1.29 is 4.79 Å². The smallest absolute Gasteiger partial charge is 0.223 e. The summed E-state index contributed by atoms with van der Waals surface area (Å²) in [5, 5.41) is 2.92. The highest BCUT2D eigenvalue weighted by atomic mass is 32.1. The molecule has 0 heterocycles. The zero-order chi connectivity index (χ0) is 11.0. The molecule has 0 spiro atoms. The van der Waals surface area contributed by atoms with Crippen molar-refractivity contribution >= 4 is 18.5 Å².